The van der Waals surface area contributed by atoms with Crippen LogP contribution in [-0.4, -0.2) is 54.5 Å². The molecule has 0 radical (unpaired) electrons. The van der Waals surface area contributed by atoms with Crippen molar-refractivity contribution in [1.29, 1.82) is 0 Å². The molecule has 2 heterocycles. The van der Waals surface area contributed by atoms with Gasteiger partial charge in [0.05, 0.1) is 6.20 Å². The highest BCUT2D eigenvalue weighted by Crippen LogP contribution is 2.24. The van der Waals surface area contributed by atoms with E-state index in [1.165, 1.54) is 23.9 Å². The average molecular weight is 389 g/mol. The minimum atomic E-state index is -0.740. The van der Waals surface area contributed by atoms with E-state index in [4.69, 9.17) is 0 Å². The molecular formula is C18H23N5O5. The monoisotopic (exact) mass is 389 g/mol. The Balaban J connectivity index is 2.18. The van der Waals surface area contributed by atoms with Gasteiger partial charge in [-0.25, -0.2) is 5.06 Å². The molecule has 0 unspecified atom stereocenters. The van der Waals surface area contributed by atoms with Crippen molar-refractivity contribution in [2.24, 2.45) is 5.92 Å². The first-order chi connectivity index (χ1) is 13.2. The molecule has 0 atom stereocenters. The third-order valence-electron chi connectivity index (χ3n) is 4.32. The molecule has 3 rings (SSSR count). The van der Waals surface area contributed by atoms with Crippen molar-refractivity contribution >= 4 is 23.5 Å². The highest BCUT2D eigenvalue weighted by atomic mass is 16.5. The summed E-state index contributed by atoms with van der Waals surface area (Å²) in [6, 6.07) is 0.0261. The van der Waals surface area contributed by atoms with Crippen molar-refractivity contribution in [2.45, 2.75) is 39.3 Å². The number of hydroxylamine groups is 2. The summed E-state index contributed by atoms with van der Waals surface area (Å²) >= 11 is 0. The molecule has 2 amide bonds. The van der Waals surface area contributed by atoms with Crippen LogP contribution in [0.15, 0.2) is 17.1 Å². The number of aromatic hydroxyl groups is 1. The third-order valence-corrected chi connectivity index (χ3v) is 4.32. The van der Waals surface area contributed by atoms with Crippen LogP contribution >= 0.6 is 0 Å². The van der Waals surface area contributed by atoms with Crippen LogP contribution in [0.2, 0.25) is 0 Å². The molecular weight excluding hydrogens is 366 g/mol. The number of aromatic nitrogens is 3. The molecule has 2 aromatic rings. The molecule has 1 aliphatic carbocycles. The second kappa shape index (κ2) is 7.47. The lowest BCUT2D eigenvalue weighted by molar-refractivity contribution is -0.153. The van der Waals surface area contributed by atoms with E-state index in [1.807, 2.05) is 13.8 Å². The van der Waals surface area contributed by atoms with Gasteiger partial charge in [-0.3, -0.25) is 24.2 Å². The summed E-state index contributed by atoms with van der Waals surface area (Å²) in [5.41, 5.74) is -0.457. The highest BCUT2D eigenvalue weighted by molar-refractivity contribution is 5.97. The molecule has 1 saturated carbocycles. The maximum absolute atomic E-state index is 12.8. The molecule has 0 saturated heterocycles. The number of carbonyl (C=O) groups excluding carboxylic acids is 2. The number of nitrogens with zero attached hydrogens (tertiary/aromatic N) is 4. The fraction of sp³-hybridized carbons (Fsp3) is 0.444. The number of carbonyl (C=O) groups is 2. The van der Waals surface area contributed by atoms with Crippen LogP contribution in [0.25, 0.3) is 11.7 Å². The van der Waals surface area contributed by atoms with Crippen LogP contribution in [0.1, 0.15) is 42.6 Å². The number of rotatable bonds is 6. The van der Waals surface area contributed by atoms with Gasteiger partial charge >= 0.3 is 0 Å². The zero-order valence-corrected chi connectivity index (χ0v) is 15.9. The second-order valence-corrected chi connectivity index (χ2v) is 7.29. The fourth-order valence-corrected chi connectivity index (χ4v) is 2.82. The van der Waals surface area contributed by atoms with Crippen LogP contribution in [0.5, 0.6) is 5.88 Å². The molecule has 3 N–H and O–H groups in total. The average Bonchev–Trinajstić information content (AvgIpc) is 3.32. The summed E-state index contributed by atoms with van der Waals surface area (Å²) in [6.45, 7) is 4.17. The Bertz CT molecular complexity index is 1010. The summed E-state index contributed by atoms with van der Waals surface area (Å²) in [7, 11) is 1.19. The van der Waals surface area contributed by atoms with E-state index >= 15 is 0 Å². The predicted molar refractivity (Wildman–Crippen MR) is 100 cm³/mol. The number of amides is 2. The summed E-state index contributed by atoms with van der Waals surface area (Å²) in [4.78, 5) is 36.9. The lowest BCUT2D eigenvalue weighted by Gasteiger charge is -2.17. The van der Waals surface area contributed by atoms with Gasteiger partial charge in [-0.05, 0) is 24.8 Å². The molecule has 0 aromatic carbocycles. The van der Waals surface area contributed by atoms with Gasteiger partial charge in [-0.1, -0.05) is 13.8 Å². The molecule has 0 spiro atoms. The molecule has 1 aliphatic rings. The van der Waals surface area contributed by atoms with E-state index in [-0.39, 0.29) is 23.2 Å². The van der Waals surface area contributed by atoms with Crippen molar-refractivity contribution in [1.82, 2.24) is 24.6 Å². The van der Waals surface area contributed by atoms with Gasteiger partial charge in [-0.15, -0.1) is 0 Å². The molecule has 0 aliphatic heterocycles. The Kier molecular flexibility index (Phi) is 5.23. The van der Waals surface area contributed by atoms with E-state index < -0.39 is 23.3 Å². The van der Waals surface area contributed by atoms with Crippen molar-refractivity contribution in [3.05, 3.63) is 33.8 Å². The molecule has 0 bridgehead atoms. The van der Waals surface area contributed by atoms with E-state index in [0.717, 1.165) is 23.4 Å². The van der Waals surface area contributed by atoms with Crippen LogP contribution in [-0.2, 0) is 11.3 Å². The van der Waals surface area contributed by atoms with Gasteiger partial charge in [0, 0.05) is 31.3 Å². The molecule has 2 aromatic heterocycles. The first kappa shape index (κ1) is 19.6. The minimum Gasteiger partial charge on any atom is -0.494 e. The molecule has 1 fully saturated rings. The second-order valence-electron chi connectivity index (χ2n) is 7.29. The zero-order chi connectivity index (χ0) is 20.6. The van der Waals surface area contributed by atoms with Crippen LogP contribution in [0.4, 0.5) is 0 Å². The van der Waals surface area contributed by atoms with Crippen molar-refractivity contribution < 1.29 is 19.9 Å². The van der Waals surface area contributed by atoms with E-state index in [9.17, 15) is 24.7 Å². The third kappa shape index (κ3) is 3.77. The minimum absolute atomic E-state index is 0.0261. The Hall–Kier alpha value is -3.14. The van der Waals surface area contributed by atoms with Gasteiger partial charge < -0.3 is 10.4 Å². The van der Waals surface area contributed by atoms with Crippen LogP contribution < -0.4 is 10.9 Å². The van der Waals surface area contributed by atoms with Gasteiger partial charge in [-0.2, -0.15) is 9.61 Å². The number of likely N-dealkylation sites (N-methyl/N-ethyl adjacent to an activating group) is 1. The number of hydrogen-bond acceptors (Lipinski definition) is 6. The summed E-state index contributed by atoms with van der Waals surface area (Å²) in [5.74, 6) is -1.64. The lowest BCUT2D eigenvalue weighted by atomic mass is 10.2. The van der Waals surface area contributed by atoms with Crippen LogP contribution in [0, 0.1) is 5.92 Å². The quantitative estimate of drug-likeness (QED) is 0.377. The maximum Gasteiger partial charge on any atom is 0.291 e. The van der Waals surface area contributed by atoms with Crippen molar-refractivity contribution in [3.8, 4) is 5.88 Å². The van der Waals surface area contributed by atoms with E-state index in [0.29, 0.717) is 17.2 Å². The Morgan fingerprint density at radius 3 is 2.68 bits per heavy atom. The summed E-state index contributed by atoms with van der Waals surface area (Å²) in [6.07, 6.45) is 5.55. The highest BCUT2D eigenvalue weighted by Gasteiger charge is 2.29. The Labute approximate surface area is 160 Å². The lowest BCUT2D eigenvalue weighted by Crippen LogP contribution is -2.34. The number of fused-ring (bicyclic) bond motifs is 1. The smallest absolute Gasteiger partial charge is 0.291 e. The Morgan fingerprint density at radius 1 is 1.43 bits per heavy atom. The first-order valence-corrected chi connectivity index (χ1v) is 8.99. The van der Waals surface area contributed by atoms with Gasteiger partial charge in [0.25, 0.3) is 17.4 Å². The first-order valence-electron chi connectivity index (χ1n) is 8.99. The molecule has 150 valence electrons. The van der Waals surface area contributed by atoms with Crippen molar-refractivity contribution in [3.63, 3.8) is 0 Å². The molecule has 10 nitrogen and oxygen atoms in total. The van der Waals surface area contributed by atoms with E-state index in [2.05, 4.69) is 10.4 Å². The molecule has 28 heavy (non-hydrogen) atoms. The SMILES string of the molecule is CC(C)Cn1c(O)c(C(=O)NC2CC2)c(=O)n2ncc(C=CC(=O)N(C)O)c12. The van der Waals surface area contributed by atoms with Crippen LogP contribution in [0.3, 0.4) is 0 Å². The topological polar surface area (TPSA) is 129 Å². The number of nitrogens with one attached hydrogen (secondary N) is 1. The standard InChI is InChI=1S/C18H23N5O5/c1-10(2)9-22-16-11(4-7-13(24)21(3)28)8-19-23(16)18(27)14(17(22)26)15(25)20-12-5-6-12/h4,7-8,10,12,26,28H,5-6,9H2,1-3H3,(H,20,25). The van der Waals surface area contributed by atoms with Gasteiger partial charge in [0.2, 0.25) is 5.88 Å². The summed E-state index contributed by atoms with van der Waals surface area (Å²) < 4.78 is 2.48. The fourth-order valence-electron chi connectivity index (χ4n) is 2.82. The zero-order valence-electron chi connectivity index (χ0n) is 15.9. The summed E-state index contributed by atoms with van der Waals surface area (Å²) in [5, 5.41) is 27.1. The predicted octanol–water partition coefficient (Wildman–Crippen LogP) is 0.611. The Morgan fingerprint density at radius 2 is 2.11 bits per heavy atom. The largest absolute Gasteiger partial charge is 0.494 e. The van der Waals surface area contributed by atoms with Gasteiger partial charge in [0.15, 0.2) is 5.56 Å². The normalized spacial score (nSPS) is 14.2. The maximum atomic E-state index is 12.8. The van der Waals surface area contributed by atoms with Crippen molar-refractivity contribution in [2.75, 3.05) is 7.05 Å². The molecule has 10 heteroatoms. The number of hydrogen-bond donors (Lipinski definition) is 3. The van der Waals surface area contributed by atoms with E-state index in [1.54, 1.807) is 0 Å². The van der Waals surface area contributed by atoms with Gasteiger partial charge in [0.1, 0.15) is 5.65 Å².